The second kappa shape index (κ2) is 9.96. The van der Waals surface area contributed by atoms with Crippen LogP contribution in [0.1, 0.15) is 52.1 Å². The van der Waals surface area contributed by atoms with E-state index in [9.17, 15) is 9.18 Å². The molecule has 2 heterocycles. The molecule has 0 N–H and O–H groups in total. The van der Waals surface area contributed by atoms with Gasteiger partial charge in [-0.1, -0.05) is 26.0 Å². The van der Waals surface area contributed by atoms with Crippen LogP contribution in [0, 0.1) is 11.9 Å². The third-order valence-electron chi connectivity index (χ3n) is 5.43. The van der Waals surface area contributed by atoms with E-state index in [2.05, 4.69) is 16.0 Å². The van der Waals surface area contributed by atoms with Gasteiger partial charge in [0, 0.05) is 13.0 Å². The molecule has 1 aliphatic carbocycles. The Labute approximate surface area is 178 Å². The van der Waals surface area contributed by atoms with Crippen molar-refractivity contribution in [2.45, 2.75) is 59.0 Å². The Morgan fingerprint density at radius 2 is 2.10 bits per heavy atom. The summed E-state index contributed by atoms with van der Waals surface area (Å²) < 4.78 is 26.3. The molecule has 0 spiro atoms. The van der Waals surface area contributed by atoms with Gasteiger partial charge < -0.3 is 18.9 Å². The van der Waals surface area contributed by atoms with Gasteiger partial charge in [-0.3, -0.25) is 0 Å². The summed E-state index contributed by atoms with van der Waals surface area (Å²) in [4.78, 5) is 18.3. The van der Waals surface area contributed by atoms with E-state index in [1.54, 1.807) is 4.57 Å². The standard InChI is InChI=1S/C21H26FN3O3.C2H6/c1-3-27-21(26)17-9-16-5-4-6-18(20(16)25(17)10-15-7-8-15)28-12-14(2)24-11-19(22)23-13-24;1-2/h4-6,11,13-15,17H,3,7-10,12H2,1-2H3;1-2H3/t14-,17?;/m1./s1. The fraction of sp³-hybridized carbons (Fsp3) is 0.565. The zero-order valence-electron chi connectivity index (χ0n) is 18.3. The molecule has 4 rings (SSSR count). The van der Waals surface area contributed by atoms with Gasteiger partial charge in [0.15, 0.2) is 0 Å². The maximum Gasteiger partial charge on any atom is 0.329 e. The van der Waals surface area contributed by atoms with Crippen LogP contribution in [-0.4, -0.2) is 41.3 Å². The number of esters is 1. The molecule has 0 bridgehead atoms. The van der Waals surface area contributed by atoms with Crippen LogP contribution in [0.2, 0.25) is 0 Å². The molecule has 30 heavy (non-hydrogen) atoms. The number of halogens is 1. The van der Waals surface area contributed by atoms with Crippen LogP contribution >= 0.6 is 0 Å². The van der Waals surface area contributed by atoms with Crippen LogP contribution in [0.4, 0.5) is 10.1 Å². The number of benzene rings is 1. The molecule has 1 saturated carbocycles. The van der Waals surface area contributed by atoms with Gasteiger partial charge in [0.05, 0.1) is 30.9 Å². The lowest BCUT2D eigenvalue weighted by molar-refractivity contribution is -0.144. The quantitative estimate of drug-likeness (QED) is 0.596. The van der Waals surface area contributed by atoms with Crippen molar-refractivity contribution in [3.05, 3.63) is 42.2 Å². The number of anilines is 1. The van der Waals surface area contributed by atoms with Crippen LogP contribution < -0.4 is 9.64 Å². The third-order valence-corrected chi connectivity index (χ3v) is 5.43. The second-order valence-electron chi connectivity index (χ2n) is 7.64. The number of nitrogens with zero attached hydrogens (tertiary/aromatic N) is 3. The van der Waals surface area contributed by atoms with E-state index in [0.29, 0.717) is 25.6 Å². The summed E-state index contributed by atoms with van der Waals surface area (Å²) in [5.41, 5.74) is 2.11. The van der Waals surface area contributed by atoms with Crippen molar-refractivity contribution in [1.82, 2.24) is 9.55 Å². The van der Waals surface area contributed by atoms with Crippen molar-refractivity contribution in [3.63, 3.8) is 0 Å². The molecule has 0 radical (unpaired) electrons. The molecule has 7 heteroatoms. The molecule has 6 nitrogen and oxygen atoms in total. The molecule has 164 valence electrons. The Morgan fingerprint density at radius 3 is 2.73 bits per heavy atom. The lowest BCUT2D eigenvalue weighted by Gasteiger charge is -2.28. The van der Waals surface area contributed by atoms with Crippen molar-refractivity contribution in [3.8, 4) is 5.75 Å². The van der Waals surface area contributed by atoms with Gasteiger partial charge in [0.2, 0.25) is 5.95 Å². The molecular formula is C23H32FN3O3. The van der Waals surface area contributed by atoms with E-state index >= 15 is 0 Å². The largest absolute Gasteiger partial charge is 0.489 e. The monoisotopic (exact) mass is 417 g/mol. The lowest BCUT2D eigenvalue weighted by atomic mass is 10.1. The van der Waals surface area contributed by atoms with Crippen LogP contribution in [0.5, 0.6) is 5.75 Å². The average molecular weight is 418 g/mol. The Bertz CT molecular complexity index is 850. The van der Waals surface area contributed by atoms with E-state index in [-0.39, 0.29) is 18.1 Å². The highest BCUT2D eigenvalue weighted by atomic mass is 19.1. The maximum atomic E-state index is 13.2. The number of aromatic nitrogens is 2. The summed E-state index contributed by atoms with van der Waals surface area (Å²) in [6, 6.07) is 5.59. The first kappa shape index (κ1) is 22.1. The smallest absolute Gasteiger partial charge is 0.329 e. The third kappa shape index (κ3) is 4.94. The fourth-order valence-electron chi connectivity index (χ4n) is 3.74. The van der Waals surface area contributed by atoms with E-state index in [4.69, 9.17) is 9.47 Å². The lowest BCUT2D eigenvalue weighted by Crippen LogP contribution is -2.41. The Balaban J connectivity index is 0.00000124. The van der Waals surface area contributed by atoms with Crippen LogP contribution in [-0.2, 0) is 16.0 Å². The summed E-state index contributed by atoms with van der Waals surface area (Å²) in [5, 5.41) is 0. The van der Waals surface area contributed by atoms with Crippen LogP contribution in [0.3, 0.4) is 0 Å². The van der Waals surface area contributed by atoms with Gasteiger partial charge in [-0.2, -0.15) is 4.39 Å². The first-order valence-electron chi connectivity index (χ1n) is 10.9. The number of imidazole rings is 1. The molecule has 0 saturated heterocycles. The van der Waals surface area contributed by atoms with Crippen molar-refractivity contribution in [1.29, 1.82) is 0 Å². The number of hydrogen-bond donors (Lipinski definition) is 0. The van der Waals surface area contributed by atoms with Crippen LogP contribution in [0.15, 0.2) is 30.7 Å². The molecule has 1 unspecified atom stereocenters. The highest BCUT2D eigenvalue weighted by Crippen LogP contribution is 2.43. The van der Waals surface area contributed by atoms with Crippen molar-refractivity contribution < 1.29 is 18.7 Å². The predicted octanol–water partition coefficient (Wildman–Crippen LogP) is 4.39. The van der Waals surface area contributed by atoms with Crippen molar-refractivity contribution >= 4 is 11.7 Å². The first-order chi connectivity index (χ1) is 14.6. The molecule has 1 aliphatic heterocycles. The van der Waals surface area contributed by atoms with E-state index in [0.717, 1.165) is 23.5 Å². The Kier molecular flexibility index (Phi) is 7.34. The summed E-state index contributed by atoms with van der Waals surface area (Å²) >= 11 is 0. The highest BCUT2D eigenvalue weighted by molar-refractivity contribution is 5.85. The zero-order valence-corrected chi connectivity index (χ0v) is 18.3. The Morgan fingerprint density at radius 1 is 1.33 bits per heavy atom. The summed E-state index contributed by atoms with van der Waals surface area (Å²) in [7, 11) is 0. The molecule has 1 aromatic carbocycles. The summed E-state index contributed by atoms with van der Waals surface area (Å²) in [6.07, 6.45) is 5.87. The Hall–Kier alpha value is -2.57. The molecule has 2 aliphatic rings. The summed E-state index contributed by atoms with van der Waals surface area (Å²) in [6.45, 7) is 9.39. The van der Waals surface area contributed by atoms with E-state index in [1.807, 2.05) is 39.8 Å². The highest BCUT2D eigenvalue weighted by Gasteiger charge is 2.40. The number of hydrogen-bond acceptors (Lipinski definition) is 5. The van der Waals surface area contributed by atoms with Gasteiger partial charge in [-0.25, -0.2) is 9.78 Å². The minimum absolute atomic E-state index is 0.0630. The molecule has 1 fully saturated rings. The number of fused-ring (bicyclic) bond motifs is 1. The molecule has 2 aromatic rings. The van der Waals surface area contributed by atoms with Gasteiger partial charge in [-0.15, -0.1) is 0 Å². The second-order valence-corrected chi connectivity index (χ2v) is 7.64. The minimum atomic E-state index is -0.500. The first-order valence-corrected chi connectivity index (χ1v) is 10.9. The number of carbonyl (C=O) groups excluding carboxylic acids is 1. The number of para-hydroxylation sites is 1. The number of ether oxygens (including phenoxy) is 2. The SMILES string of the molecule is CC.CCOC(=O)C1Cc2cccc(OC[C@@H](C)n3cnc(F)c3)c2N1CC1CC1. The molecule has 2 atom stereocenters. The number of rotatable bonds is 8. The maximum absolute atomic E-state index is 13.2. The molecule has 1 aromatic heterocycles. The minimum Gasteiger partial charge on any atom is -0.489 e. The van der Waals surface area contributed by atoms with Gasteiger partial charge in [-0.05, 0) is 44.2 Å². The van der Waals surface area contributed by atoms with Gasteiger partial charge in [0.1, 0.15) is 18.4 Å². The van der Waals surface area contributed by atoms with Crippen molar-refractivity contribution in [2.24, 2.45) is 5.92 Å². The molecular weight excluding hydrogens is 385 g/mol. The van der Waals surface area contributed by atoms with Gasteiger partial charge >= 0.3 is 5.97 Å². The number of carbonyl (C=O) groups is 1. The van der Waals surface area contributed by atoms with E-state index < -0.39 is 5.95 Å². The van der Waals surface area contributed by atoms with E-state index in [1.165, 1.54) is 25.4 Å². The topological polar surface area (TPSA) is 56.6 Å². The van der Waals surface area contributed by atoms with Crippen LogP contribution in [0.25, 0.3) is 0 Å². The zero-order chi connectivity index (χ0) is 21.7. The molecule has 0 amide bonds. The summed E-state index contributed by atoms with van der Waals surface area (Å²) in [5.74, 6) is 0.717. The normalized spacial score (nSPS) is 18.3. The van der Waals surface area contributed by atoms with Gasteiger partial charge in [0.25, 0.3) is 0 Å². The predicted molar refractivity (Wildman–Crippen MR) is 114 cm³/mol. The fourth-order valence-corrected chi connectivity index (χ4v) is 3.74. The average Bonchev–Trinajstić information content (AvgIpc) is 3.34. The van der Waals surface area contributed by atoms with Crippen molar-refractivity contribution in [2.75, 3.05) is 24.7 Å².